The average molecular weight is 614 g/mol. The van der Waals surface area contributed by atoms with Gasteiger partial charge in [-0.05, 0) is 49.9 Å². The molecule has 12 heteroatoms. The minimum absolute atomic E-state index is 0.0619. The summed E-state index contributed by atoms with van der Waals surface area (Å²) in [5, 5.41) is 17.1. The Balaban J connectivity index is 1.31. The highest BCUT2D eigenvalue weighted by Gasteiger charge is 2.50. The maximum absolute atomic E-state index is 13.9. The highest BCUT2D eigenvalue weighted by Crippen LogP contribution is 2.40. The number of carbonyl (C=O) groups is 3. The van der Waals surface area contributed by atoms with E-state index in [1.165, 1.54) is 16.7 Å². The van der Waals surface area contributed by atoms with Gasteiger partial charge in [0.2, 0.25) is 5.91 Å². The van der Waals surface area contributed by atoms with Crippen LogP contribution >= 0.6 is 11.8 Å². The Morgan fingerprint density at radius 2 is 1.88 bits per heavy atom. The van der Waals surface area contributed by atoms with Crippen molar-refractivity contribution < 1.29 is 38.4 Å². The highest BCUT2D eigenvalue weighted by molar-refractivity contribution is 8.00. The molecule has 3 fully saturated rings. The van der Waals surface area contributed by atoms with Crippen LogP contribution < -0.4 is 15.4 Å². The molecular formula is C31H39N3O8S. The molecule has 3 aliphatic heterocycles. The van der Waals surface area contributed by atoms with Gasteiger partial charge in [0.15, 0.2) is 12.4 Å². The van der Waals surface area contributed by atoms with Gasteiger partial charge in [-0.2, -0.15) is 0 Å². The van der Waals surface area contributed by atoms with Crippen molar-refractivity contribution in [3.05, 3.63) is 65.7 Å². The standard InChI is InChI=1S/C31H39N3O8S/c1-31(2)26(27(36)32-16-19-8-5-4-6-9-19)34(18-43-31)28(37)25(35)23(15-20-10-7-11-21(14-20)39-3)33-30(38)42-24-17-41-29-22(24)12-13-40-29/h4-11,14,22-26,29,35H,12-13,15-18H2,1-3H3,(H,32,36)(H,33,38)/t22-,23+,24-,25+,26-,29+/m1/s1. The molecule has 0 aliphatic carbocycles. The summed E-state index contributed by atoms with van der Waals surface area (Å²) in [6, 6.07) is 14.8. The predicted octanol–water partition coefficient (Wildman–Crippen LogP) is 2.45. The van der Waals surface area contributed by atoms with E-state index in [2.05, 4.69) is 10.6 Å². The van der Waals surface area contributed by atoms with E-state index in [0.717, 1.165) is 11.1 Å². The number of thioether (sulfide) groups is 1. The number of rotatable bonds is 10. The molecule has 0 radical (unpaired) electrons. The molecule has 2 aromatic rings. The molecule has 3 heterocycles. The molecule has 6 atom stereocenters. The Bertz CT molecular complexity index is 1290. The van der Waals surface area contributed by atoms with E-state index in [4.69, 9.17) is 18.9 Å². The summed E-state index contributed by atoms with van der Waals surface area (Å²) in [4.78, 5) is 41.8. The van der Waals surface area contributed by atoms with Gasteiger partial charge in [0.1, 0.15) is 17.9 Å². The first-order chi connectivity index (χ1) is 20.7. The predicted molar refractivity (Wildman–Crippen MR) is 159 cm³/mol. The second kappa shape index (κ2) is 13.5. The van der Waals surface area contributed by atoms with Crippen LogP contribution in [0, 0.1) is 5.92 Å². The summed E-state index contributed by atoms with van der Waals surface area (Å²) < 4.78 is 21.5. The molecule has 43 heavy (non-hydrogen) atoms. The molecule has 3 N–H and O–H groups in total. The fourth-order valence-electron chi connectivity index (χ4n) is 5.80. The summed E-state index contributed by atoms with van der Waals surface area (Å²) in [5.41, 5.74) is 1.67. The SMILES string of the molecule is COc1cccc(C[C@H](NC(=O)O[C@@H]2CO[C@@H]3OCC[C@@H]32)[C@H](O)C(=O)N2CSC(C)(C)[C@H]2C(=O)NCc2ccccc2)c1. The molecule has 0 unspecified atom stereocenters. The number of methoxy groups -OCH3 is 1. The van der Waals surface area contributed by atoms with Gasteiger partial charge in [0.05, 0.1) is 38.2 Å². The number of carbonyl (C=O) groups excluding carboxylic acids is 3. The van der Waals surface area contributed by atoms with Crippen LogP contribution in [0.1, 0.15) is 31.4 Å². The first-order valence-corrected chi connectivity index (χ1v) is 15.4. The lowest BCUT2D eigenvalue weighted by molar-refractivity contribution is -0.147. The minimum Gasteiger partial charge on any atom is -0.497 e. The van der Waals surface area contributed by atoms with E-state index in [1.54, 1.807) is 25.3 Å². The smallest absolute Gasteiger partial charge is 0.407 e. The zero-order chi connectivity index (χ0) is 30.6. The number of ether oxygens (including phenoxy) is 4. The first kappa shape index (κ1) is 31.1. The van der Waals surface area contributed by atoms with Crippen molar-refractivity contribution >= 4 is 29.7 Å². The number of hydrogen-bond acceptors (Lipinski definition) is 9. The van der Waals surface area contributed by atoms with E-state index in [1.807, 2.05) is 50.2 Å². The number of benzene rings is 2. The van der Waals surface area contributed by atoms with Crippen LogP contribution in [-0.4, -0.2) is 89.4 Å². The summed E-state index contributed by atoms with van der Waals surface area (Å²) in [7, 11) is 1.55. The van der Waals surface area contributed by atoms with Crippen LogP contribution in [0.15, 0.2) is 54.6 Å². The highest BCUT2D eigenvalue weighted by atomic mass is 32.2. The van der Waals surface area contributed by atoms with Crippen molar-refractivity contribution in [1.82, 2.24) is 15.5 Å². The van der Waals surface area contributed by atoms with Crippen molar-refractivity contribution in [1.29, 1.82) is 0 Å². The third-order valence-corrected chi connectivity index (χ3v) is 9.53. The maximum Gasteiger partial charge on any atom is 0.407 e. The number of aliphatic hydroxyl groups excluding tert-OH is 1. The molecule has 11 nitrogen and oxygen atoms in total. The number of fused-ring (bicyclic) bond motifs is 1. The maximum atomic E-state index is 13.9. The normalized spacial score (nSPS) is 25.4. The van der Waals surface area contributed by atoms with E-state index in [-0.39, 0.29) is 30.7 Å². The first-order valence-electron chi connectivity index (χ1n) is 14.4. The fourth-order valence-corrected chi connectivity index (χ4v) is 6.94. The van der Waals surface area contributed by atoms with Crippen LogP contribution in [0.25, 0.3) is 0 Å². The zero-order valence-corrected chi connectivity index (χ0v) is 25.4. The number of alkyl carbamates (subject to hydrolysis) is 1. The number of aliphatic hydroxyl groups is 1. The average Bonchev–Trinajstić information content (AvgIpc) is 3.71. The van der Waals surface area contributed by atoms with Crippen molar-refractivity contribution in [2.75, 3.05) is 26.2 Å². The lowest BCUT2D eigenvalue weighted by Gasteiger charge is -2.33. The van der Waals surface area contributed by atoms with E-state index < -0.39 is 47.3 Å². The van der Waals surface area contributed by atoms with Gasteiger partial charge < -0.3 is 39.6 Å². The second-order valence-electron chi connectivity index (χ2n) is 11.5. The van der Waals surface area contributed by atoms with Gasteiger partial charge in [-0.1, -0.05) is 42.5 Å². The topological polar surface area (TPSA) is 136 Å². The largest absolute Gasteiger partial charge is 0.497 e. The van der Waals surface area contributed by atoms with Gasteiger partial charge in [-0.15, -0.1) is 11.8 Å². The van der Waals surface area contributed by atoms with Crippen LogP contribution in [0.3, 0.4) is 0 Å². The third-order valence-electron chi connectivity index (χ3n) is 8.16. The van der Waals surface area contributed by atoms with Gasteiger partial charge in [0.25, 0.3) is 5.91 Å². The number of nitrogens with one attached hydrogen (secondary N) is 2. The summed E-state index contributed by atoms with van der Waals surface area (Å²) in [6.45, 7) is 4.86. The third kappa shape index (κ3) is 7.26. The van der Waals surface area contributed by atoms with Gasteiger partial charge in [0, 0.05) is 11.3 Å². The Kier molecular flexibility index (Phi) is 9.80. The fraction of sp³-hybridized carbons (Fsp3) is 0.516. The van der Waals surface area contributed by atoms with Crippen LogP contribution in [0.4, 0.5) is 4.79 Å². The van der Waals surface area contributed by atoms with E-state index in [9.17, 15) is 19.5 Å². The van der Waals surface area contributed by atoms with E-state index in [0.29, 0.717) is 25.3 Å². The molecular weight excluding hydrogens is 574 g/mol. The van der Waals surface area contributed by atoms with Gasteiger partial charge in [-0.3, -0.25) is 9.59 Å². The summed E-state index contributed by atoms with van der Waals surface area (Å²) in [6.07, 6.45) is -2.48. The molecule has 232 valence electrons. The Hall–Kier alpha value is -3.32. The Morgan fingerprint density at radius 3 is 2.65 bits per heavy atom. The molecule has 5 rings (SSSR count). The van der Waals surface area contributed by atoms with Gasteiger partial charge in [-0.25, -0.2) is 4.79 Å². The molecule has 0 saturated carbocycles. The Morgan fingerprint density at radius 1 is 1.12 bits per heavy atom. The number of nitrogens with zero attached hydrogens (tertiary/aromatic N) is 1. The minimum atomic E-state index is -1.65. The quantitative estimate of drug-likeness (QED) is 0.369. The number of amides is 3. The van der Waals surface area contributed by atoms with Crippen molar-refractivity contribution in [2.24, 2.45) is 5.92 Å². The zero-order valence-electron chi connectivity index (χ0n) is 24.6. The summed E-state index contributed by atoms with van der Waals surface area (Å²) >= 11 is 1.45. The molecule has 0 aromatic heterocycles. The summed E-state index contributed by atoms with van der Waals surface area (Å²) in [5.74, 6) is -0.216. The molecule has 3 saturated heterocycles. The Labute approximate surface area is 255 Å². The second-order valence-corrected chi connectivity index (χ2v) is 13.1. The van der Waals surface area contributed by atoms with Crippen LogP contribution in [0.2, 0.25) is 0 Å². The molecule has 3 amide bonds. The van der Waals surface area contributed by atoms with Gasteiger partial charge >= 0.3 is 6.09 Å². The molecule has 2 aromatic carbocycles. The molecule has 0 spiro atoms. The van der Waals surface area contributed by atoms with Crippen LogP contribution in [-0.2, 0) is 36.8 Å². The molecule has 0 bridgehead atoms. The number of hydrogen-bond donors (Lipinski definition) is 3. The lowest BCUT2D eigenvalue weighted by Crippen LogP contribution is -2.58. The monoisotopic (exact) mass is 613 g/mol. The van der Waals surface area contributed by atoms with Crippen molar-refractivity contribution in [3.63, 3.8) is 0 Å². The van der Waals surface area contributed by atoms with Crippen molar-refractivity contribution in [2.45, 2.75) is 68.6 Å². The molecule has 3 aliphatic rings. The van der Waals surface area contributed by atoms with Crippen molar-refractivity contribution in [3.8, 4) is 5.75 Å². The lowest BCUT2D eigenvalue weighted by atomic mass is 9.97. The van der Waals surface area contributed by atoms with Crippen LogP contribution in [0.5, 0.6) is 5.75 Å². The van der Waals surface area contributed by atoms with E-state index >= 15 is 0 Å².